The molecular weight excluding hydrogens is 274 g/mol. The van der Waals surface area contributed by atoms with E-state index in [-0.39, 0.29) is 17.6 Å². The minimum absolute atomic E-state index is 0.00627. The van der Waals surface area contributed by atoms with Crippen LogP contribution in [-0.2, 0) is 4.79 Å². The Morgan fingerprint density at radius 1 is 1.43 bits per heavy atom. The smallest absolute Gasteiger partial charge is 0.311 e. The zero-order chi connectivity index (χ0) is 15.0. The van der Waals surface area contributed by atoms with Crippen molar-refractivity contribution in [2.45, 2.75) is 18.9 Å². The van der Waals surface area contributed by atoms with E-state index < -0.39 is 4.92 Å². The highest BCUT2D eigenvalue weighted by atomic mass is 16.6. The number of nitro groups is 1. The lowest BCUT2D eigenvalue weighted by atomic mass is 10.1. The fraction of sp³-hybridized carbons (Fsp3) is 0.538. The minimum atomic E-state index is -0.409. The van der Waals surface area contributed by atoms with Crippen LogP contribution in [0.15, 0.2) is 12.1 Å². The van der Waals surface area contributed by atoms with Gasteiger partial charge in [0.2, 0.25) is 11.7 Å². The summed E-state index contributed by atoms with van der Waals surface area (Å²) in [6.45, 7) is 1.78. The highest BCUT2D eigenvalue weighted by molar-refractivity contribution is 5.79. The van der Waals surface area contributed by atoms with Crippen LogP contribution in [0, 0.1) is 10.1 Å². The maximum atomic E-state index is 11.7. The second-order valence-electron chi connectivity index (χ2n) is 5.27. The zero-order valence-electron chi connectivity index (χ0n) is 11.8. The van der Waals surface area contributed by atoms with Gasteiger partial charge in [0.1, 0.15) is 5.82 Å². The molecule has 2 saturated heterocycles. The molecule has 2 aliphatic heterocycles. The van der Waals surface area contributed by atoms with Crippen molar-refractivity contribution in [2.24, 2.45) is 0 Å². The van der Waals surface area contributed by atoms with Gasteiger partial charge >= 0.3 is 5.69 Å². The Hall–Kier alpha value is -2.38. The van der Waals surface area contributed by atoms with Crippen molar-refractivity contribution in [3.8, 4) is 0 Å². The number of piperazine rings is 1. The SMILES string of the molecule is CNc1ccc([N+](=O)[O-])c(N2CCN3C(=O)CCC3C2)n1. The first-order valence-electron chi connectivity index (χ1n) is 6.97. The standard InChI is InChI=1S/C13H17N5O3/c1-14-11-4-3-10(18(20)21)13(15-11)16-6-7-17-9(8-16)2-5-12(17)19/h3-4,9H,2,5-8H2,1H3,(H,14,15). The molecular formula is C13H17N5O3. The Morgan fingerprint density at radius 3 is 2.95 bits per heavy atom. The lowest BCUT2D eigenvalue weighted by molar-refractivity contribution is -0.384. The highest BCUT2D eigenvalue weighted by Gasteiger charge is 2.37. The predicted molar refractivity (Wildman–Crippen MR) is 77.4 cm³/mol. The van der Waals surface area contributed by atoms with Gasteiger partial charge in [-0.25, -0.2) is 4.98 Å². The molecule has 1 unspecified atom stereocenters. The second kappa shape index (κ2) is 5.19. The van der Waals surface area contributed by atoms with Crippen molar-refractivity contribution < 1.29 is 9.72 Å². The van der Waals surface area contributed by atoms with Crippen molar-refractivity contribution in [2.75, 3.05) is 36.9 Å². The van der Waals surface area contributed by atoms with Gasteiger partial charge in [-0.15, -0.1) is 0 Å². The van der Waals surface area contributed by atoms with Crippen molar-refractivity contribution in [1.82, 2.24) is 9.88 Å². The van der Waals surface area contributed by atoms with E-state index in [1.165, 1.54) is 6.07 Å². The molecule has 0 aromatic carbocycles. The normalized spacial score (nSPS) is 21.4. The minimum Gasteiger partial charge on any atom is -0.373 e. The first kappa shape index (κ1) is 13.6. The first-order valence-corrected chi connectivity index (χ1v) is 6.97. The van der Waals surface area contributed by atoms with E-state index in [0.29, 0.717) is 37.7 Å². The number of hydrogen-bond donors (Lipinski definition) is 1. The molecule has 0 spiro atoms. The Morgan fingerprint density at radius 2 is 2.24 bits per heavy atom. The summed E-state index contributed by atoms with van der Waals surface area (Å²) < 4.78 is 0. The van der Waals surface area contributed by atoms with E-state index in [1.807, 2.05) is 9.80 Å². The van der Waals surface area contributed by atoms with Crippen molar-refractivity contribution >= 4 is 23.2 Å². The molecule has 0 aliphatic carbocycles. The van der Waals surface area contributed by atoms with Crippen LogP contribution in [0.25, 0.3) is 0 Å². The largest absolute Gasteiger partial charge is 0.373 e. The van der Waals surface area contributed by atoms with Crippen LogP contribution in [0.1, 0.15) is 12.8 Å². The van der Waals surface area contributed by atoms with Gasteiger partial charge in [0.25, 0.3) is 0 Å². The van der Waals surface area contributed by atoms with Gasteiger partial charge in [0.05, 0.1) is 4.92 Å². The highest BCUT2D eigenvalue weighted by Crippen LogP contribution is 2.31. The fourth-order valence-electron chi connectivity index (χ4n) is 3.01. The third kappa shape index (κ3) is 2.37. The van der Waals surface area contributed by atoms with Crippen LogP contribution in [-0.4, -0.2) is 53.4 Å². The molecule has 2 aliphatic rings. The summed E-state index contributed by atoms with van der Waals surface area (Å²) in [5.74, 6) is 1.16. The molecule has 1 amide bonds. The molecule has 1 atom stereocenters. The lowest BCUT2D eigenvalue weighted by Crippen LogP contribution is -2.51. The van der Waals surface area contributed by atoms with E-state index in [0.717, 1.165) is 6.42 Å². The van der Waals surface area contributed by atoms with E-state index in [2.05, 4.69) is 10.3 Å². The fourth-order valence-corrected chi connectivity index (χ4v) is 3.01. The first-order chi connectivity index (χ1) is 10.1. The van der Waals surface area contributed by atoms with Crippen molar-refractivity contribution in [3.05, 3.63) is 22.2 Å². The summed E-state index contributed by atoms with van der Waals surface area (Å²) >= 11 is 0. The van der Waals surface area contributed by atoms with Gasteiger partial charge in [-0.1, -0.05) is 0 Å². The summed E-state index contributed by atoms with van der Waals surface area (Å²) in [7, 11) is 1.73. The molecule has 1 aromatic heterocycles. The Labute approximate surface area is 121 Å². The van der Waals surface area contributed by atoms with Gasteiger partial charge in [0, 0.05) is 45.2 Å². The average Bonchev–Trinajstić information content (AvgIpc) is 2.87. The van der Waals surface area contributed by atoms with Crippen molar-refractivity contribution in [1.29, 1.82) is 0 Å². The molecule has 21 heavy (non-hydrogen) atoms. The maximum absolute atomic E-state index is 11.7. The van der Waals surface area contributed by atoms with E-state index in [1.54, 1.807) is 13.1 Å². The van der Waals surface area contributed by atoms with Gasteiger partial charge in [-0.2, -0.15) is 0 Å². The summed E-state index contributed by atoms with van der Waals surface area (Å²) in [6.07, 6.45) is 1.39. The Bertz CT molecular complexity index is 591. The van der Waals surface area contributed by atoms with Gasteiger partial charge in [0.15, 0.2) is 0 Å². The lowest BCUT2D eigenvalue weighted by Gasteiger charge is -2.37. The molecule has 1 aromatic rings. The molecule has 1 N–H and O–H groups in total. The quantitative estimate of drug-likeness (QED) is 0.655. The molecule has 8 nitrogen and oxygen atoms in total. The van der Waals surface area contributed by atoms with E-state index >= 15 is 0 Å². The Kier molecular flexibility index (Phi) is 3.36. The number of nitrogens with one attached hydrogen (secondary N) is 1. The number of fused-ring (bicyclic) bond motifs is 1. The number of carbonyl (C=O) groups excluding carboxylic acids is 1. The van der Waals surface area contributed by atoms with Crippen LogP contribution in [0.5, 0.6) is 0 Å². The summed E-state index contributed by atoms with van der Waals surface area (Å²) in [4.78, 5) is 30.6. The van der Waals surface area contributed by atoms with Crippen LogP contribution >= 0.6 is 0 Å². The van der Waals surface area contributed by atoms with Gasteiger partial charge in [-0.05, 0) is 12.5 Å². The van der Waals surface area contributed by atoms with Gasteiger partial charge in [-0.3, -0.25) is 14.9 Å². The Balaban J connectivity index is 1.89. The summed E-state index contributed by atoms with van der Waals surface area (Å²) in [5.41, 5.74) is 0.00627. The number of nitrogens with zero attached hydrogens (tertiary/aromatic N) is 4. The van der Waals surface area contributed by atoms with Gasteiger partial charge < -0.3 is 15.1 Å². The van der Waals surface area contributed by atoms with Crippen LogP contribution in [0.3, 0.4) is 0 Å². The number of carbonyl (C=O) groups is 1. The van der Waals surface area contributed by atoms with E-state index in [9.17, 15) is 14.9 Å². The van der Waals surface area contributed by atoms with Crippen LogP contribution in [0.2, 0.25) is 0 Å². The monoisotopic (exact) mass is 291 g/mol. The molecule has 2 fully saturated rings. The maximum Gasteiger partial charge on any atom is 0.311 e. The average molecular weight is 291 g/mol. The molecule has 112 valence electrons. The third-order valence-electron chi connectivity index (χ3n) is 4.10. The molecule has 3 heterocycles. The number of rotatable bonds is 3. The van der Waals surface area contributed by atoms with Crippen molar-refractivity contribution in [3.63, 3.8) is 0 Å². The zero-order valence-corrected chi connectivity index (χ0v) is 11.8. The molecule has 0 saturated carbocycles. The number of aromatic nitrogens is 1. The number of pyridine rings is 1. The molecule has 0 radical (unpaired) electrons. The van der Waals surface area contributed by atoms with Crippen LogP contribution in [0.4, 0.5) is 17.3 Å². The van der Waals surface area contributed by atoms with Crippen LogP contribution < -0.4 is 10.2 Å². The predicted octanol–water partition coefficient (Wildman–Crippen LogP) is 0.842. The number of anilines is 2. The third-order valence-corrected chi connectivity index (χ3v) is 4.10. The topological polar surface area (TPSA) is 91.6 Å². The van der Waals surface area contributed by atoms with E-state index in [4.69, 9.17) is 0 Å². The molecule has 8 heteroatoms. The molecule has 0 bridgehead atoms. The number of amides is 1. The second-order valence-corrected chi connectivity index (χ2v) is 5.27. The molecule has 3 rings (SSSR count). The summed E-state index contributed by atoms with van der Waals surface area (Å²) in [5, 5.41) is 14.1. The summed E-state index contributed by atoms with van der Waals surface area (Å²) in [6, 6.07) is 3.21. The number of hydrogen-bond acceptors (Lipinski definition) is 6.